The van der Waals surface area contributed by atoms with Crippen molar-refractivity contribution >= 4 is 37.0 Å². The third-order valence-electron chi connectivity index (χ3n) is 5.51. The van der Waals surface area contributed by atoms with Gasteiger partial charge in [-0.15, -0.1) is 0 Å². The average molecular weight is 574 g/mol. The van der Waals surface area contributed by atoms with Crippen LogP contribution in [0.15, 0.2) is 48.5 Å². The number of rotatable bonds is 7. The number of anilines is 1. The van der Waals surface area contributed by atoms with Crippen LogP contribution in [0.3, 0.4) is 0 Å². The first-order chi connectivity index (χ1) is 17.8. The van der Waals surface area contributed by atoms with E-state index >= 15 is 0 Å². The number of carbonyl (C=O) groups excluding carboxylic acids is 2. The summed E-state index contributed by atoms with van der Waals surface area (Å²) in [7, 11) is -5.16. The van der Waals surface area contributed by atoms with Gasteiger partial charge in [0.05, 0.1) is 18.8 Å². The highest BCUT2D eigenvalue weighted by molar-refractivity contribution is 7.46. The third kappa shape index (κ3) is 5.98. The lowest BCUT2D eigenvalue weighted by molar-refractivity contribution is -0.0456. The van der Waals surface area contributed by atoms with Gasteiger partial charge < -0.3 is 15.1 Å². The number of hydroxylamine groups is 2. The molecule has 0 atom stereocenters. The van der Waals surface area contributed by atoms with E-state index in [0.29, 0.717) is 17.2 Å². The van der Waals surface area contributed by atoms with Crippen LogP contribution in [-0.4, -0.2) is 26.8 Å². The van der Waals surface area contributed by atoms with Crippen molar-refractivity contribution in [3.05, 3.63) is 99.1 Å². The number of benzene rings is 3. The van der Waals surface area contributed by atoms with Crippen LogP contribution in [0.4, 0.5) is 28.0 Å². The second-order valence-corrected chi connectivity index (χ2v) is 9.60. The van der Waals surface area contributed by atoms with Crippen LogP contribution in [0, 0.1) is 23.3 Å². The highest BCUT2D eigenvalue weighted by Gasteiger charge is 2.36. The summed E-state index contributed by atoms with van der Waals surface area (Å²) in [6.45, 7) is -1.56. The van der Waals surface area contributed by atoms with Crippen LogP contribution >= 0.6 is 19.4 Å². The Morgan fingerprint density at radius 3 is 2.34 bits per heavy atom. The molecule has 3 N–H and O–H groups in total. The average Bonchev–Trinajstić information content (AvgIpc) is 2.81. The van der Waals surface area contributed by atoms with Crippen LogP contribution in [-0.2, 0) is 28.8 Å². The van der Waals surface area contributed by atoms with Gasteiger partial charge in [-0.3, -0.25) is 9.69 Å². The summed E-state index contributed by atoms with van der Waals surface area (Å²) < 4.78 is 71.3. The molecule has 9 nitrogen and oxygen atoms in total. The van der Waals surface area contributed by atoms with Gasteiger partial charge in [-0.25, -0.2) is 26.9 Å². The largest absolute Gasteiger partial charge is 0.491 e. The molecule has 200 valence electrons. The Bertz CT molecular complexity index is 1440. The van der Waals surface area contributed by atoms with Crippen molar-refractivity contribution in [1.29, 1.82) is 0 Å². The topological polar surface area (TPSA) is 119 Å². The van der Waals surface area contributed by atoms with Gasteiger partial charge in [0.25, 0.3) is 5.91 Å². The summed E-state index contributed by atoms with van der Waals surface area (Å²) in [5.74, 6) is -5.10. The molecule has 1 aliphatic rings. The van der Waals surface area contributed by atoms with E-state index in [1.807, 2.05) is 0 Å². The van der Waals surface area contributed by atoms with Gasteiger partial charge in [-0.1, -0.05) is 23.7 Å². The number of phosphoric acid groups is 1. The molecule has 0 fully saturated rings. The molecule has 4 rings (SSSR count). The zero-order chi connectivity index (χ0) is 27.8. The molecule has 38 heavy (non-hydrogen) atoms. The quantitative estimate of drug-likeness (QED) is 0.276. The van der Waals surface area contributed by atoms with E-state index in [1.54, 1.807) is 0 Å². The molecule has 1 aliphatic heterocycles. The first-order valence-corrected chi connectivity index (χ1v) is 12.6. The van der Waals surface area contributed by atoms with Crippen molar-refractivity contribution in [2.24, 2.45) is 0 Å². The van der Waals surface area contributed by atoms with Gasteiger partial charge in [-0.05, 0) is 29.8 Å². The molecule has 0 saturated heterocycles. The number of hydrogen-bond acceptors (Lipinski definition) is 4. The molecule has 1 heterocycles. The first kappa shape index (κ1) is 27.6. The molecule has 0 spiro atoms. The van der Waals surface area contributed by atoms with Gasteiger partial charge in [0.15, 0.2) is 0 Å². The minimum atomic E-state index is -5.16. The maximum absolute atomic E-state index is 14.5. The molecule has 0 bridgehead atoms. The number of nitrogens with one attached hydrogen (secondary N) is 1. The van der Waals surface area contributed by atoms with Crippen LogP contribution in [0.2, 0.25) is 5.02 Å². The lowest BCUT2D eigenvalue weighted by Gasteiger charge is -2.36. The number of urea groups is 1. The molecular formula is C23H17ClF4N3O6P. The fourth-order valence-electron chi connectivity index (χ4n) is 3.75. The van der Waals surface area contributed by atoms with Crippen molar-refractivity contribution in [1.82, 2.24) is 10.4 Å². The summed E-state index contributed by atoms with van der Waals surface area (Å²) in [4.78, 5) is 45.1. The Morgan fingerprint density at radius 2 is 1.71 bits per heavy atom. The van der Waals surface area contributed by atoms with Gasteiger partial charge in [0, 0.05) is 40.4 Å². The van der Waals surface area contributed by atoms with E-state index in [0.717, 1.165) is 11.0 Å². The highest BCUT2D eigenvalue weighted by Crippen LogP contribution is 2.41. The molecule has 0 radical (unpaired) electrons. The number of halogens is 5. The van der Waals surface area contributed by atoms with Crippen molar-refractivity contribution in [3.63, 3.8) is 0 Å². The summed E-state index contributed by atoms with van der Waals surface area (Å²) in [6, 6.07) is 7.50. The van der Waals surface area contributed by atoms with Crippen LogP contribution in [0.25, 0.3) is 0 Å². The van der Waals surface area contributed by atoms with Crippen molar-refractivity contribution in [3.8, 4) is 0 Å². The summed E-state index contributed by atoms with van der Waals surface area (Å²) in [5.41, 5.74) is -0.449. The van der Waals surface area contributed by atoms with Crippen molar-refractivity contribution < 1.29 is 46.1 Å². The molecule has 3 amide bonds. The molecule has 3 aromatic carbocycles. The zero-order valence-electron chi connectivity index (χ0n) is 19.0. The Balaban J connectivity index is 1.66. The van der Waals surface area contributed by atoms with Crippen LogP contribution in [0.5, 0.6) is 0 Å². The minimum Gasteiger partial charge on any atom is -0.348 e. The fraction of sp³-hybridized carbons (Fsp3) is 0.130. The number of fused-ring (bicyclic) bond motifs is 1. The molecule has 0 aliphatic carbocycles. The Morgan fingerprint density at radius 1 is 1.03 bits per heavy atom. The zero-order valence-corrected chi connectivity index (χ0v) is 20.6. The summed E-state index contributed by atoms with van der Waals surface area (Å²) in [5, 5.41) is 2.64. The molecule has 0 unspecified atom stereocenters. The highest BCUT2D eigenvalue weighted by atomic mass is 35.5. The van der Waals surface area contributed by atoms with Crippen molar-refractivity contribution in [2.45, 2.75) is 19.6 Å². The normalized spacial score (nSPS) is 13.5. The minimum absolute atomic E-state index is 0.0374. The van der Waals surface area contributed by atoms with E-state index in [2.05, 4.69) is 9.94 Å². The van der Waals surface area contributed by atoms with Crippen LogP contribution in [0.1, 0.15) is 27.0 Å². The predicted molar refractivity (Wildman–Crippen MR) is 126 cm³/mol. The van der Waals surface area contributed by atoms with E-state index in [-0.39, 0.29) is 27.4 Å². The number of amides is 3. The van der Waals surface area contributed by atoms with Crippen molar-refractivity contribution in [2.75, 3.05) is 4.90 Å². The van der Waals surface area contributed by atoms with Gasteiger partial charge in [0.2, 0.25) is 0 Å². The van der Waals surface area contributed by atoms with E-state index in [1.165, 1.54) is 30.3 Å². The summed E-state index contributed by atoms with van der Waals surface area (Å²) in [6.07, 6.45) is 0. The molecule has 0 aromatic heterocycles. The smallest absolute Gasteiger partial charge is 0.348 e. The van der Waals surface area contributed by atoms with E-state index in [9.17, 15) is 41.5 Å². The molecular weight excluding hydrogens is 557 g/mol. The Kier molecular flexibility index (Phi) is 7.77. The standard InChI is InChI=1S/C23H17ClF4N3O6P/c24-17-2-1-3-18(26)16(17)11-30-21-6-12(4-5-13(21)10-31(23(30)33)37-38(34,35)36)22(32)29-9-15-19(27)7-14(25)8-20(15)28/h1-8H,9-11H2,(H,29,32)(H2,34,35,36). The maximum Gasteiger partial charge on any atom is 0.491 e. The second-order valence-electron chi connectivity index (χ2n) is 8.05. The lowest BCUT2D eigenvalue weighted by Crippen LogP contribution is -2.46. The van der Waals surface area contributed by atoms with E-state index < -0.39 is 68.2 Å². The maximum atomic E-state index is 14.5. The molecule has 3 aromatic rings. The molecule has 0 saturated carbocycles. The predicted octanol–water partition coefficient (Wildman–Crippen LogP) is 4.79. The third-order valence-corrected chi connectivity index (χ3v) is 6.27. The molecule has 15 heteroatoms. The monoisotopic (exact) mass is 573 g/mol. The van der Waals surface area contributed by atoms with Gasteiger partial charge in [-0.2, -0.15) is 9.69 Å². The SMILES string of the molecule is O=C(NCc1c(F)cc(F)cc1F)c1ccc2c(c1)N(Cc1c(F)cccc1Cl)C(=O)N(OP(=O)(O)O)C2. The summed E-state index contributed by atoms with van der Waals surface area (Å²) >= 11 is 6.09. The van der Waals surface area contributed by atoms with Crippen LogP contribution < -0.4 is 10.2 Å². The fourth-order valence-corrected chi connectivity index (χ4v) is 4.36. The Labute approximate surface area is 217 Å². The van der Waals surface area contributed by atoms with Gasteiger partial charge >= 0.3 is 13.9 Å². The Hall–Kier alpha value is -3.48. The lowest BCUT2D eigenvalue weighted by atomic mass is 10.0. The first-order valence-electron chi connectivity index (χ1n) is 10.7. The second kappa shape index (κ2) is 10.7. The number of nitrogens with zero attached hydrogens (tertiary/aromatic N) is 2. The van der Waals surface area contributed by atoms with E-state index in [4.69, 9.17) is 11.6 Å². The number of hydrogen-bond donors (Lipinski definition) is 3. The number of carbonyl (C=O) groups is 2. The van der Waals surface area contributed by atoms with Gasteiger partial charge in [0.1, 0.15) is 23.3 Å².